The zero-order valence-electron chi connectivity index (χ0n) is 16.5. The lowest BCUT2D eigenvalue weighted by Crippen LogP contribution is -1.90. The van der Waals surface area contributed by atoms with Crippen molar-refractivity contribution in [2.45, 2.75) is 6.92 Å². The molecule has 0 N–H and O–H groups in total. The SMILES string of the molecule is COc1ccc(Oc2ccccc2-c2cccc(Oc3ccccc3C)c2)cc1. The summed E-state index contributed by atoms with van der Waals surface area (Å²) in [6, 6.07) is 31.6. The lowest BCUT2D eigenvalue weighted by molar-refractivity contribution is 0.413. The summed E-state index contributed by atoms with van der Waals surface area (Å²) in [5.41, 5.74) is 3.12. The van der Waals surface area contributed by atoms with E-state index in [1.807, 2.05) is 97.9 Å². The van der Waals surface area contributed by atoms with E-state index >= 15 is 0 Å². The zero-order chi connectivity index (χ0) is 20.1. The minimum atomic E-state index is 0.755. The van der Waals surface area contributed by atoms with Gasteiger partial charge in [-0.15, -0.1) is 0 Å². The molecule has 0 saturated heterocycles. The van der Waals surface area contributed by atoms with Crippen LogP contribution in [0.3, 0.4) is 0 Å². The second-order valence-electron chi connectivity index (χ2n) is 6.67. The Balaban J connectivity index is 1.62. The van der Waals surface area contributed by atoms with E-state index in [4.69, 9.17) is 14.2 Å². The fraction of sp³-hybridized carbons (Fsp3) is 0.0769. The average Bonchev–Trinajstić information content (AvgIpc) is 2.76. The van der Waals surface area contributed by atoms with Crippen LogP contribution in [0.5, 0.6) is 28.7 Å². The van der Waals surface area contributed by atoms with Crippen LogP contribution in [0.25, 0.3) is 11.1 Å². The van der Waals surface area contributed by atoms with Crippen LogP contribution >= 0.6 is 0 Å². The van der Waals surface area contributed by atoms with E-state index in [9.17, 15) is 0 Å². The van der Waals surface area contributed by atoms with Crippen molar-refractivity contribution in [1.82, 2.24) is 0 Å². The predicted molar refractivity (Wildman–Crippen MR) is 116 cm³/mol. The van der Waals surface area contributed by atoms with E-state index in [2.05, 4.69) is 6.07 Å². The van der Waals surface area contributed by atoms with Gasteiger partial charge >= 0.3 is 0 Å². The Kier molecular flexibility index (Phi) is 5.48. The highest BCUT2D eigenvalue weighted by atomic mass is 16.5. The van der Waals surface area contributed by atoms with E-state index in [-0.39, 0.29) is 0 Å². The molecular weight excluding hydrogens is 360 g/mol. The molecular formula is C26H22O3. The van der Waals surface area contributed by atoms with Crippen molar-refractivity contribution in [3.05, 3.63) is 103 Å². The van der Waals surface area contributed by atoms with Crippen LogP contribution in [0, 0.1) is 6.92 Å². The van der Waals surface area contributed by atoms with Crippen molar-refractivity contribution in [2.75, 3.05) is 7.11 Å². The maximum Gasteiger partial charge on any atom is 0.135 e. The van der Waals surface area contributed by atoms with Gasteiger partial charge in [0.15, 0.2) is 0 Å². The first-order valence-electron chi connectivity index (χ1n) is 9.48. The van der Waals surface area contributed by atoms with Gasteiger partial charge in [-0.05, 0) is 66.6 Å². The van der Waals surface area contributed by atoms with E-state index in [1.165, 1.54) is 0 Å². The fourth-order valence-corrected chi connectivity index (χ4v) is 3.09. The van der Waals surface area contributed by atoms with Gasteiger partial charge in [-0.2, -0.15) is 0 Å². The summed E-state index contributed by atoms with van der Waals surface area (Å²) in [6.07, 6.45) is 0. The van der Waals surface area contributed by atoms with Crippen LogP contribution in [-0.2, 0) is 0 Å². The molecule has 4 aromatic carbocycles. The van der Waals surface area contributed by atoms with E-state index in [1.54, 1.807) is 7.11 Å². The first-order valence-corrected chi connectivity index (χ1v) is 9.48. The maximum absolute atomic E-state index is 6.14. The standard InChI is InChI=1S/C26H22O3/c1-19-8-3-5-12-25(19)29-23-10-7-9-20(18-23)24-11-4-6-13-26(24)28-22-16-14-21(27-2)15-17-22/h3-18H,1-2H3. The van der Waals surface area contributed by atoms with Crippen molar-refractivity contribution in [3.63, 3.8) is 0 Å². The Labute approximate surface area is 171 Å². The molecule has 0 aliphatic heterocycles. The third kappa shape index (κ3) is 4.41. The van der Waals surface area contributed by atoms with Gasteiger partial charge in [-0.3, -0.25) is 0 Å². The Hall–Kier alpha value is -3.72. The van der Waals surface area contributed by atoms with Gasteiger partial charge in [0.25, 0.3) is 0 Å². The molecule has 0 fully saturated rings. The summed E-state index contributed by atoms with van der Waals surface area (Å²) in [6.45, 7) is 2.04. The largest absolute Gasteiger partial charge is 0.497 e. The summed E-state index contributed by atoms with van der Waals surface area (Å²) in [4.78, 5) is 0. The number of para-hydroxylation sites is 2. The highest BCUT2D eigenvalue weighted by Crippen LogP contribution is 2.36. The lowest BCUT2D eigenvalue weighted by atomic mass is 10.0. The first kappa shape index (κ1) is 18.6. The van der Waals surface area contributed by atoms with Crippen molar-refractivity contribution >= 4 is 0 Å². The Morgan fingerprint density at radius 2 is 1.21 bits per heavy atom. The van der Waals surface area contributed by atoms with Gasteiger partial charge in [0.05, 0.1) is 7.11 Å². The van der Waals surface area contributed by atoms with Crippen molar-refractivity contribution < 1.29 is 14.2 Å². The molecule has 29 heavy (non-hydrogen) atoms. The van der Waals surface area contributed by atoms with Gasteiger partial charge in [0, 0.05) is 5.56 Å². The maximum atomic E-state index is 6.14. The summed E-state index contributed by atoms with van der Waals surface area (Å²) in [5.74, 6) is 3.98. The molecule has 3 heteroatoms. The number of methoxy groups -OCH3 is 1. The normalized spacial score (nSPS) is 10.4. The summed E-state index contributed by atoms with van der Waals surface area (Å²) in [7, 11) is 1.65. The molecule has 0 spiro atoms. The summed E-state index contributed by atoms with van der Waals surface area (Å²) >= 11 is 0. The zero-order valence-corrected chi connectivity index (χ0v) is 16.5. The monoisotopic (exact) mass is 382 g/mol. The topological polar surface area (TPSA) is 27.7 Å². The van der Waals surface area contributed by atoms with Gasteiger partial charge in [0.1, 0.15) is 28.7 Å². The smallest absolute Gasteiger partial charge is 0.135 e. The summed E-state index contributed by atoms with van der Waals surface area (Å²) in [5, 5.41) is 0. The van der Waals surface area contributed by atoms with E-state index in [0.717, 1.165) is 45.4 Å². The molecule has 0 aliphatic rings. The average molecular weight is 382 g/mol. The number of benzene rings is 4. The lowest BCUT2D eigenvalue weighted by Gasteiger charge is -2.13. The predicted octanol–water partition coefficient (Wildman–Crippen LogP) is 7.26. The van der Waals surface area contributed by atoms with Gasteiger partial charge < -0.3 is 14.2 Å². The van der Waals surface area contributed by atoms with Crippen molar-refractivity contribution in [2.24, 2.45) is 0 Å². The summed E-state index contributed by atoms with van der Waals surface area (Å²) < 4.78 is 17.5. The van der Waals surface area contributed by atoms with Gasteiger partial charge in [-0.1, -0.05) is 48.5 Å². The molecule has 0 saturated carbocycles. The van der Waals surface area contributed by atoms with Crippen LogP contribution in [0.4, 0.5) is 0 Å². The van der Waals surface area contributed by atoms with Crippen molar-refractivity contribution in [3.8, 4) is 39.9 Å². The molecule has 0 heterocycles. The minimum absolute atomic E-state index is 0.755. The quantitative estimate of drug-likeness (QED) is 0.351. The molecule has 0 amide bonds. The van der Waals surface area contributed by atoms with Crippen LogP contribution in [0.1, 0.15) is 5.56 Å². The molecule has 0 bridgehead atoms. The van der Waals surface area contributed by atoms with Gasteiger partial charge in [-0.25, -0.2) is 0 Å². The fourth-order valence-electron chi connectivity index (χ4n) is 3.09. The Bertz CT molecular complexity index is 1100. The number of rotatable bonds is 6. The number of hydrogen-bond donors (Lipinski definition) is 0. The first-order chi connectivity index (χ1) is 14.2. The molecule has 3 nitrogen and oxygen atoms in total. The van der Waals surface area contributed by atoms with Crippen LogP contribution < -0.4 is 14.2 Å². The second kappa shape index (κ2) is 8.53. The molecule has 4 rings (SSSR count). The third-order valence-corrected chi connectivity index (χ3v) is 4.64. The molecule has 0 radical (unpaired) electrons. The molecule has 144 valence electrons. The molecule has 4 aromatic rings. The Morgan fingerprint density at radius 3 is 1.97 bits per heavy atom. The molecule has 0 aromatic heterocycles. The highest BCUT2D eigenvalue weighted by Gasteiger charge is 2.09. The molecule has 0 aliphatic carbocycles. The minimum Gasteiger partial charge on any atom is -0.497 e. The van der Waals surface area contributed by atoms with Crippen LogP contribution in [0.2, 0.25) is 0 Å². The van der Waals surface area contributed by atoms with Crippen LogP contribution in [0.15, 0.2) is 97.1 Å². The Morgan fingerprint density at radius 1 is 0.552 bits per heavy atom. The number of ether oxygens (including phenoxy) is 3. The van der Waals surface area contributed by atoms with Crippen molar-refractivity contribution in [1.29, 1.82) is 0 Å². The third-order valence-electron chi connectivity index (χ3n) is 4.64. The number of hydrogen-bond acceptors (Lipinski definition) is 3. The highest BCUT2D eigenvalue weighted by molar-refractivity contribution is 5.72. The second-order valence-corrected chi connectivity index (χ2v) is 6.67. The molecule has 0 atom stereocenters. The van der Waals surface area contributed by atoms with E-state index in [0.29, 0.717) is 0 Å². The molecule has 0 unspecified atom stereocenters. The van der Waals surface area contributed by atoms with E-state index < -0.39 is 0 Å². The van der Waals surface area contributed by atoms with Gasteiger partial charge in [0.2, 0.25) is 0 Å². The number of aryl methyl sites for hydroxylation is 1. The van der Waals surface area contributed by atoms with Crippen LogP contribution in [-0.4, -0.2) is 7.11 Å².